The molecule has 0 bridgehead atoms. The van der Waals surface area contributed by atoms with E-state index in [9.17, 15) is 0 Å². The molecule has 1 N–H and O–H groups in total. The Morgan fingerprint density at radius 3 is 2.80 bits per heavy atom. The third-order valence-corrected chi connectivity index (χ3v) is 4.54. The van der Waals surface area contributed by atoms with Crippen molar-refractivity contribution in [1.29, 1.82) is 0 Å². The lowest BCUT2D eigenvalue weighted by Gasteiger charge is -2.24. The Labute approximate surface area is 123 Å². The molecule has 1 fully saturated rings. The molecule has 1 heterocycles. The molecule has 2 unspecified atom stereocenters. The van der Waals surface area contributed by atoms with Crippen LogP contribution in [0.15, 0.2) is 24.3 Å². The molecule has 0 saturated carbocycles. The van der Waals surface area contributed by atoms with Gasteiger partial charge in [0.05, 0.1) is 7.11 Å². The van der Waals surface area contributed by atoms with E-state index >= 15 is 0 Å². The fourth-order valence-corrected chi connectivity index (χ4v) is 3.05. The Kier molecular flexibility index (Phi) is 5.44. The highest BCUT2D eigenvalue weighted by atomic mass is 16.5. The van der Waals surface area contributed by atoms with Crippen molar-refractivity contribution in [2.75, 3.05) is 33.8 Å². The number of likely N-dealkylation sites (N-methyl/N-ethyl adjacent to an activating group) is 1. The van der Waals surface area contributed by atoms with Crippen molar-refractivity contribution in [1.82, 2.24) is 10.2 Å². The fourth-order valence-electron chi connectivity index (χ4n) is 3.05. The fraction of sp³-hybridized carbons (Fsp3) is 0.647. The zero-order chi connectivity index (χ0) is 14.5. The number of rotatable bonds is 6. The summed E-state index contributed by atoms with van der Waals surface area (Å²) in [5.74, 6) is 2.59. The lowest BCUT2D eigenvalue weighted by molar-refractivity contribution is 0.275. The van der Waals surface area contributed by atoms with Crippen LogP contribution >= 0.6 is 0 Å². The van der Waals surface area contributed by atoms with Crippen molar-refractivity contribution in [2.24, 2.45) is 11.8 Å². The summed E-state index contributed by atoms with van der Waals surface area (Å²) in [5, 5.41) is 3.44. The second kappa shape index (κ2) is 7.09. The zero-order valence-corrected chi connectivity index (χ0v) is 13.2. The van der Waals surface area contributed by atoms with E-state index in [1.165, 1.54) is 25.1 Å². The quantitative estimate of drug-likeness (QED) is 0.864. The maximum absolute atomic E-state index is 5.33. The minimum absolute atomic E-state index is 0.371. The summed E-state index contributed by atoms with van der Waals surface area (Å²) in [5.41, 5.74) is 1.31. The average Bonchev–Trinajstić information content (AvgIpc) is 2.93. The maximum Gasteiger partial charge on any atom is 0.119 e. The van der Waals surface area contributed by atoms with E-state index in [1.807, 2.05) is 13.1 Å². The van der Waals surface area contributed by atoms with Crippen molar-refractivity contribution in [3.63, 3.8) is 0 Å². The number of hydrogen-bond donors (Lipinski definition) is 1. The molecule has 0 spiro atoms. The molecule has 0 aliphatic carbocycles. The third-order valence-electron chi connectivity index (χ3n) is 4.54. The van der Waals surface area contributed by atoms with Crippen LogP contribution in [0, 0.1) is 11.8 Å². The van der Waals surface area contributed by atoms with Crippen LogP contribution in [-0.4, -0.2) is 38.7 Å². The van der Waals surface area contributed by atoms with Crippen molar-refractivity contribution in [2.45, 2.75) is 26.3 Å². The molecular weight excluding hydrogens is 248 g/mol. The molecule has 1 aromatic carbocycles. The first-order valence-electron chi connectivity index (χ1n) is 7.67. The number of methoxy groups -OCH3 is 1. The van der Waals surface area contributed by atoms with Gasteiger partial charge in [-0.25, -0.2) is 0 Å². The van der Waals surface area contributed by atoms with Crippen LogP contribution in [0.2, 0.25) is 0 Å². The molecule has 0 aromatic heterocycles. The summed E-state index contributed by atoms with van der Waals surface area (Å²) in [6.45, 7) is 8.22. The average molecular weight is 276 g/mol. The van der Waals surface area contributed by atoms with Crippen LogP contribution in [-0.2, 0) is 0 Å². The van der Waals surface area contributed by atoms with E-state index in [2.05, 4.69) is 42.3 Å². The first-order chi connectivity index (χ1) is 9.63. The van der Waals surface area contributed by atoms with Gasteiger partial charge in [0, 0.05) is 19.1 Å². The van der Waals surface area contributed by atoms with Gasteiger partial charge >= 0.3 is 0 Å². The van der Waals surface area contributed by atoms with Crippen molar-refractivity contribution in [3.8, 4) is 5.75 Å². The van der Waals surface area contributed by atoms with Gasteiger partial charge in [-0.15, -0.1) is 0 Å². The van der Waals surface area contributed by atoms with E-state index in [0.717, 1.165) is 24.1 Å². The molecule has 3 nitrogen and oxygen atoms in total. The molecule has 3 heteroatoms. The Balaban J connectivity index is 1.99. The van der Waals surface area contributed by atoms with Gasteiger partial charge in [0.25, 0.3) is 0 Å². The number of likely N-dealkylation sites (tertiary alicyclic amines) is 1. The molecule has 2 atom stereocenters. The zero-order valence-electron chi connectivity index (χ0n) is 13.2. The number of ether oxygens (including phenoxy) is 1. The molecule has 1 aromatic rings. The number of benzene rings is 1. The summed E-state index contributed by atoms with van der Waals surface area (Å²) in [6, 6.07) is 8.76. The first kappa shape index (κ1) is 15.3. The molecule has 1 saturated heterocycles. The number of nitrogens with zero attached hydrogens (tertiary/aromatic N) is 1. The van der Waals surface area contributed by atoms with Crippen LogP contribution in [0.1, 0.15) is 31.9 Å². The van der Waals surface area contributed by atoms with Gasteiger partial charge in [-0.1, -0.05) is 26.0 Å². The van der Waals surface area contributed by atoms with Crippen LogP contribution in [0.3, 0.4) is 0 Å². The first-order valence-corrected chi connectivity index (χ1v) is 7.67. The normalized spacial score (nSPS) is 21.4. The minimum Gasteiger partial charge on any atom is -0.497 e. The van der Waals surface area contributed by atoms with Gasteiger partial charge in [0.1, 0.15) is 5.75 Å². The summed E-state index contributed by atoms with van der Waals surface area (Å²) >= 11 is 0. The lowest BCUT2D eigenvalue weighted by atomic mass is 9.95. The monoisotopic (exact) mass is 276 g/mol. The topological polar surface area (TPSA) is 24.5 Å². The molecule has 20 heavy (non-hydrogen) atoms. The smallest absolute Gasteiger partial charge is 0.119 e. The summed E-state index contributed by atoms with van der Waals surface area (Å²) in [4.78, 5) is 2.59. The van der Waals surface area contributed by atoms with E-state index in [1.54, 1.807) is 7.11 Å². The minimum atomic E-state index is 0.371. The number of nitrogens with one attached hydrogen (secondary N) is 1. The lowest BCUT2D eigenvalue weighted by Crippen LogP contribution is -2.32. The van der Waals surface area contributed by atoms with E-state index < -0.39 is 0 Å². The predicted molar refractivity (Wildman–Crippen MR) is 84.2 cm³/mol. The molecule has 0 amide bonds. The van der Waals surface area contributed by atoms with E-state index in [4.69, 9.17) is 4.74 Å². The van der Waals surface area contributed by atoms with Crippen LogP contribution in [0.5, 0.6) is 5.75 Å². The summed E-state index contributed by atoms with van der Waals surface area (Å²) < 4.78 is 5.33. The standard InChI is InChI=1S/C17H28N2O/c1-13(2)15-8-9-19(11-15)12-17(18-3)14-6-5-7-16(10-14)20-4/h5-7,10,13,15,17-18H,8-9,11-12H2,1-4H3. The van der Waals surface area contributed by atoms with Gasteiger partial charge < -0.3 is 15.0 Å². The van der Waals surface area contributed by atoms with E-state index in [0.29, 0.717) is 6.04 Å². The van der Waals surface area contributed by atoms with Gasteiger partial charge in [-0.05, 0) is 49.5 Å². The highest BCUT2D eigenvalue weighted by Crippen LogP contribution is 2.26. The maximum atomic E-state index is 5.33. The van der Waals surface area contributed by atoms with Crippen molar-refractivity contribution in [3.05, 3.63) is 29.8 Å². The Morgan fingerprint density at radius 2 is 2.20 bits per heavy atom. The Hall–Kier alpha value is -1.06. The van der Waals surface area contributed by atoms with E-state index in [-0.39, 0.29) is 0 Å². The highest BCUT2D eigenvalue weighted by Gasteiger charge is 2.26. The largest absolute Gasteiger partial charge is 0.497 e. The van der Waals surface area contributed by atoms with Crippen LogP contribution in [0.25, 0.3) is 0 Å². The SMILES string of the molecule is CNC(CN1CCC(C(C)C)C1)c1cccc(OC)c1. The molecule has 0 radical (unpaired) electrons. The molecule has 2 rings (SSSR count). The highest BCUT2D eigenvalue weighted by molar-refractivity contribution is 5.30. The molecular formula is C17H28N2O. The summed E-state index contributed by atoms with van der Waals surface area (Å²) in [6.07, 6.45) is 1.34. The van der Waals surface area contributed by atoms with Gasteiger partial charge in [-0.3, -0.25) is 0 Å². The van der Waals surface area contributed by atoms with Gasteiger partial charge in [-0.2, -0.15) is 0 Å². The molecule has 112 valence electrons. The second-order valence-electron chi connectivity index (χ2n) is 6.17. The number of hydrogen-bond acceptors (Lipinski definition) is 3. The van der Waals surface area contributed by atoms with Gasteiger partial charge in [0.2, 0.25) is 0 Å². The van der Waals surface area contributed by atoms with Crippen LogP contribution < -0.4 is 10.1 Å². The van der Waals surface area contributed by atoms with Gasteiger partial charge in [0.15, 0.2) is 0 Å². The molecule has 1 aliphatic heterocycles. The van der Waals surface area contributed by atoms with Crippen molar-refractivity contribution >= 4 is 0 Å². The Morgan fingerprint density at radius 1 is 1.40 bits per heavy atom. The third kappa shape index (κ3) is 3.74. The van der Waals surface area contributed by atoms with Crippen molar-refractivity contribution < 1.29 is 4.74 Å². The van der Waals surface area contributed by atoms with Crippen LogP contribution in [0.4, 0.5) is 0 Å². The molecule has 1 aliphatic rings. The summed E-state index contributed by atoms with van der Waals surface area (Å²) in [7, 11) is 3.77. The predicted octanol–water partition coefficient (Wildman–Crippen LogP) is 2.93. The Bertz CT molecular complexity index is 419. The second-order valence-corrected chi connectivity index (χ2v) is 6.17.